The van der Waals surface area contributed by atoms with E-state index in [9.17, 15) is 0 Å². The third-order valence-corrected chi connectivity index (χ3v) is 4.61. The van der Waals surface area contributed by atoms with E-state index in [4.69, 9.17) is 10.1 Å². The fraction of sp³-hybridized carbons (Fsp3) is 0.538. The Morgan fingerprint density at radius 3 is 2.89 bits per heavy atom. The third kappa shape index (κ3) is 3.65. The van der Waals surface area contributed by atoms with Crippen molar-refractivity contribution in [3.63, 3.8) is 0 Å². The fourth-order valence-corrected chi connectivity index (χ4v) is 2.55. The molecule has 1 aliphatic rings. The highest BCUT2D eigenvalue weighted by atomic mass is 28.3. The second-order valence-corrected chi connectivity index (χ2v) is 11.6. The van der Waals surface area contributed by atoms with Gasteiger partial charge in [0.15, 0.2) is 0 Å². The van der Waals surface area contributed by atoms with Gasteiger partial charge in [-0.15, -0.1) is 0 Å². The number of aromatic amines is 1. The predicted molar refractivity (Wildman–Crippen MR) is 76.9 cm³/mol. The summed E-state index contributed by atoms with van der Waals surface area (Å²) < 4.78 is 5.66. The second-order valence-electron chi connectivity index (χ2n) is 5.95. The molecule has 2 rings (SSSR count). The Hall–Kier alpha value is -1.20. The zero-order valence-electron chi connectivity index (χ0n) is 11.3. The van der Waals surface area contributed by atoms with Crippen LogP contribution in [-0.2, 0) is 17.8 Å². The molecule has 1 aromatic rings. The number of nitrogens with one attached hydrogen (secondary N) is 2. The Morgan fingerprint density at radius 2 is 2.17 bits per heavy atom. The molecule has 0 saturated carbocycles. The fourth-order valence-electron chi connectivity index (χ4n) is 1.80. The van der Waals surface area contributed by atoms with E-state index >= 15 is 0 Å². The van der Waals surface area contributed by atoms with Crippen molar-refractivity contribution in [3.8, 4) is 0 Å². The maximum Gasteiger partial charge on any atom is 0.133 e. The van der Waals surface area contributed by atoms with Crippen molar-refractivity contribution in [3.05, 3.63) is 23.3 Å². The minimum absolute atomic E-state index is 0.540. The molecule has 0 saturated heterocycles. The van der Waals surface area contributed by atoms with Gasteiger partial charge in [0.05, 0.1) is 5.69 Å². The minimum Gasteiger partial charge on any atom is -0.374 e. The summed E-state index contributed by atoms with van der Waals surface area (Å²) in [6, 6.07) is 1.18. The lowest BCUT2D eigenvalue weighted by atomic mass is 10.1. The lowest BCUT2D eigenvalue weighted by Crippen LogP contribution is -2.21. The number of H-pyrrole nitrogens is 1. The summed E-state index contributed by atoms with van der Waals surface area (Å²) in [6.07, 6.45) is 4.34. The number of imidazole rings is 1. The molecule has 5 heteroatoms. The van der Waals surface area contributed by atoms with Gasteiger partial charge in [0.2, 0.25) is 0 Å². The molecule has 0 aliphatic heterocycles. The maximum atomic E-state index is 7.60. The minimum atomic E-state index is -1.01. The summed E-state index contributed by atoms with van der Waals surface area (Å²) in [5.74, 6) is 0.870. The molecule has 0 radical (unpaired) electrons. The van der Waals surface area contributed by atoms with Crippen LogP contribution in [0.5, 0.6) is 0 Å². The number of aromatic nitrogens is 2. The Labute approximate surface area is 109 Å². The van der Waals surface area contributed by atoms with Crippen molar-refractivity contribution in [2.75, 3.05) is 6.61 Å². The summed E-state index contributed by atoms with van der Waals surface area (Å²) in [6.45, 7) is 8.39. The molecule has 0 fully saturated rings. The van der Waals surface area contributed by atoms with Gasteiger partial charge in [0.1, 0.15) is 12.4 Å². The van der Waals surface area contributed by atoms with E-state index in [-0.39, 0.29) is 0 Å². The molecule has 1 aromatic heterocycles. The van der Waals surface area contributed by atoms with Gasteiger partial charge in [-0.1, -0.05) is 19.6 Å². The quantitative estimate of drug-likeness (QED) is 0.634. The van der Waals surface area contributed by atoms with Gasteiger partial charge >= 0.3 is 0 Å². The van der Waals surface area contributed by atoms with Gasteiger partial charge in [-0.3, -0.25) is 0 Å². The molecule has 98 valence electrons. The number of hydrogen-bond acceptors (Lipinski definition) is 3. The highest BCUT2D eigenvalue weighted by Crippen LogP contribution is 2.15. The van der Waals surface area contributed by atoms with Gasteiger partial charge in [0.25, 0.3) is 0 Å². The first-order valence-corrected chi connectivity index (χ1v) is 10.1. The number of rotatable bonds is 5. The van der Waals surface area contributed by atoms with Crippen molar-refractivity contribution < 1.29 is 4.74 Å². The van der Waals surface area contributed by atoms with E-state index in [2.05, 4.69) is 29.6 Å². The van der Waals surface area contributed by atoms with E-state index in [1.54, 1.807) is 6.08 Å². The van der Waals surface area contributed by atoms with Crippen LogP contribution in [0.3, 0.4) is 0 Å². The number of hydrogen-bond donors (Lipinski definition) is 2. The van der Waals surface area contributed by atoms with Crippen LogP contribution in [0.4, 0.5) is 0 Å². The summed E-state index contributed by atoms with van der Waals surface area (Å²) in [7, 11) is -1.01. The van der Waals surface area contributed by atoms with E-state index < -0.39 is 8.07 Å². The van der Waals surface area contributed by atoms with Crippen LogP contribution in [0.15, 0.2) is 6.08 Å². The van der Waals surface area contributed by atoms with Gasteiger partial charge in [-0.05, 0) is 18.2 Å². The van der Waals surface area contributed by atoms with Crippen molar-refractivity contribution in [1.82, 2.24) is 9.97 Å². The lowest BCUT2D eigenvalue weighted by molar-refractivity contribution is 0.128. The number of ether oxygens (including phenoxy) is 1. The number of nitrogens with zero attached hydrogens (tertiary/aromatic N) is 1. The Morgan fingerprint density at radius 1 is 1.39 bits per heavy atom. The van der Waals surface area contributed by atoms with Crippen molar-refractivity contribution in [2.45, 2.75) is 38.7 Å². The van der Waals surface area contributed by atoms with Crippen LogP contribution in [0.25, 0.3) is 6.08 Å². The van der Waals surface area contributed by atoms with Crippen LogP contribution in [0.1, 0.15) is 17.2 Å². The normalized spacial score (nSPS) is 14.9. The van der Waals surface area contributed by atoms with E-state index in [1.807, 2.05) is 6.08 Å². The number of allylic oxidation sites excluding steroid dienone is 1. The average Bonchev–Trinajstić information content (AvgIpc) is 2.65. The summed E-state index contributed by atoms with van der Waals surface area (Å²) in [5, 5.41) is 7.60. The maximum absolute atomic E-state index is 7.60. The monoisotopic (exact) mass is 263 g/mol. The first-order chi connectivity index (χ1) is 8.44. The molecular weight excluding hydrogens is 242 g/mol. The molecule has 2 N–H and O–H groups in total. The van der Waals surface area contributed by atoms with Crippen LogP contribution in [0, 0.1) is 5.41 Å². The molecule has 18 heavy (non-hydrogen) atoms. The molecule has 0 unspecified atom stereocenters. The van der Waals surface area contributed by atoms with Gasteiger partial charge in [-0.25, -0.2) is 4.98 Å². The van der Waals surface area contributed by atoms with E-state index in [0.29, 0.717) is 18.7 Å². The van der Waals surface area contributed by atoms with Gasteiger partial charge < -0.3 is 15.1 Å². The molecule has 0 aromatic carbocycles. The SMILES string of the molecule is C[Si](C)(C)CCOCc1nc2c([nH]1)CC(=N)C=C2. The molecule has 0 bridgehead atoms. The molecule has 1 aliphatic carbocycles. The van der Waals surface area contributed by atoms with Gasteiger partial charge in [0, 0.05) is 32.5 Å². The standard InChI is InChI=1S/C13H21N3OSi/c1-18(2,3)7-6-17-9-13-15-11-5-4-10(14)8-12(11)16-13/h4-5,14H,6-9H2,1-3H3,(H,15,16). The first kappa shape index (κ1) is 13.2. The first-order valence-electron chi connectivity index (χ1n) is 6.35. The predicted octanol–water partition coefficient (Wildman–Crippen LogP) is 2.85. The third-order valence-electron chi connectivity index (χ3n) is 2.90. The number of fused-ring (bicyclic) bond motifs is 1. The lowest BCUT2D eigenvalue weighted by Gasteiger charge is -2.14. The zero-order chi connectivity index (χ0) is 13.2. The Balaban J connectivity index is 1.85. The van der Waals surface area contributed by atoms with Gasteiger partial charge in [-0.2, -0.15) is 0 Å². The molecule has 0 amide bonds. The second kappa shape index (κ2) is 5.20. The van der Waals surface area contributed by atoms with Crippen LogP contribution >= 0.6 is 0 Å². The average molecular weight is 263 g/mol. The molecule has 1 heterocycles. The van der Waals surface area contributed by atoms with E-state index in [1.165, 1.54) is 6.04 Å². The van der Waals surface area contributed by atoms with Crippen molar-refractivity contribution >= 4 is 19.9 Å². The van der Waals surface area contributed by atoms with Crippen LogP contribution in [-0.4, -0.2) is 30.4 Å². The van der Waals surface area contributed by atoms with Crippen molar-refractivity contribution in [1.29, 1.82) is 5.41 Å². The smallest absolute Gasteiger partial charge is 0.133 e. The topological polar surface area (TPSA) is 61.8 Å². The summed E-state index contributed by atoms with van der Waals surface area (Å²) in [5.41, 5.74) is 2.61. The molecule has 0 spiro atoms. The highest BCUT2D eigenvalue weighted by Gasteiger charge is 2.14. The zero-order valence-corrected chi connectivity index (χ0v) is 12.3. The van der Waals surface area contributed by atoms with Crippen LogP contribution in [0.2, 0.25) is 25.7 Å². The molecule has 0 atom stereocenters. The summed E-state index contributed by atoms with van der Waals surface area (Å²) >= 11 is 0. The Kier molecular flexibility index (Phi) is 3.82. The van der Waals surface area contributed by atoms with Crippen molar-refractivity contribution in [2.24, 2.45) is 0 Å². The highest BCUT2D eigenvalue weighted by molar-refractivity contribution is 6.76. The van der Waals surface area contributed by atoms with E-state index in [0.717, 1.165) is 23.8 Å². The Bertz CT molecular complexity index is 471. The molecule has 4 nitrogen and oxygen atoms in total. The largest absolute Gasteiger partial charge is 0.374 e. The van der Waals surface area contributed by atoms with Crippen LogP contribution < -0.4 is 0 Å². The molecular formula is C13H21N3OSi. The summed E-state index contributed by atoms with van der Waals surface area (Å²) in [4.78, 5) is 7.71.